The Balaban J connectivity index is 1.82. The van der Waals surface area contributed by atoms with Crippen LogP contribution in [-0.2, 0) is 11.2 Å². The van der Waals surface area contributed by atoms with Crippen LogP contribution in [0.25, 0.3) is 0 Å². The quantitative estimate of drug-likeness (QED) is 0.852. The Morgan fingerprint density at radius 2 is 2.14 bits per heavy atom. The molecule has 6 heteroatoms. The lowest BCUT2D eigenvalue weighted by Crippen LogP contribution is -2.38. The van der Waals surface area contributed by atoms with Gasteiger partial charge in [-0.15, -0.1) is 11.3 Å². The molecule has 0 radical (unpaired) electrons. The topological polar surface area (TPSA) is 51.2 Å². The number of amides is 1. The molecule has 1 heterocycles. The van der Waals surface area contributed by atoms with Gasteiger partial charge in [-0.1, -0.05) is 6.92 Å². The van der Waals surface area contributed by atoms with Gasteiger partial charge in [-0.05, 0) is 37.6 Å². The van der Waals surface area contributed by atoms with Crippen LogP contribution in [0.4, 0.5) is 4.39 Å². The third kappa shape index (κ3) is 4.80. The lowest BCUT2D eigenvalue weighted by molar-refractivity contribution is -0.128. The standard InChI is InChI=1S/C16H19FN2O2S/c1-3-15(21-14-6-4-12(17)5-7-14)16(20)18-9-8-13-10-22-11(2)19-13/h4-7,10,15H,3,8-9H2,1-2H3,(H,18,20)/t15-/m1/s1. The zero-order chi connectivity index (χ0) is 15.9. The number of hydrogen-bond donors (Lipinski definition) is 1. The molecule has 0 unspecified atom stereocenters. The molecule has 0 bridgehead atoms. The molecule has 1 aromatic heterocycles. The van der Waals surface area contributed by atoms with Crippen molar-refractivity contribution in [3.63, 3.8) is 0 Å². The van der Waals surface area contributed by atoms with Crippen LogP contribution in [0.2, 0.25) is 0 Å². The van der Waals surface area contributed by atoms with Crippen LogP contribution in [-0.4, -0.2) is 23.5 Å². The molecule has 0 aliphatic rings. The van der Waals surface area contributed by atoms with Gasteiger partial charge in [0.25, 0.3) is 5.91 Å². The van der Waals surface area contributed by atoms with Crippen LogP contribution in [0.3, 0.4) is 0 Å². The van der Waals surface area contributed by atoms with Crippen LogP contribution in [0.5, 0.6) is 5.75 Å². The first-order chi connectivity index (χ1) is 10.6. The molecular formula is C16H19FN2O2S. The highest BCUT2D eigenvalue weighted by molar-refractivity contribution is 7.09. The monoisotopic (exact) mass is 322 g/mol. The van der Waals surface area contributed by atoms with E-state index in [2.05, 4.69) is 10.3 Å². The lowest BCUT2D eigenvalue weighted by Gasteiger charge is -2.17. The Bertz CT molecular complexity index is 613. The van der Waals surface area contributed by atoms with E-state index < -0.39 is 6.10 Å². The Kier molecular flexibility index (Phi) is 5.89. The number of aromatic nitrogens is 1. The van der Waals surface area contributed by atoms with Gasteiger partial charge in [0.15, 0.2) is 6.10 Å². The number of carbonyl (C=O) groups is 1. The fraction of sp³-hybridized carbons (Fsp3) is 0.375. The summed E-state index contributed by atoms with van der Waals surface area (Å²) in [7, 11) is 0. The smallest absolute Gasteiger partial charge is 0.261 e. The second kappa shape index (κ2) is 7.89. The minimum Gasteiger partial charge on any atom is -0.481 e. The summed E-state index contributed by atoms with van der Waals surface area (Å²) in [5, 5.41) is 5.86. The molecule has 0 saturated heterocycles. The van der Waals surface area contributed by atoms with Crippen LogP contribution >= 0.6 is 11.3 Å². The summed E-state index contributed by atoms with van der Waals surface area (Å²) in [5.41, 5.74) is 0.982. The zero-order valence-electron chi connectivity index (χ0n) is 12.6. The first kappa shape index (κ1) is 16.4. The number of rotatable bonds is 7. The molecule has 2 aromatic rings. The minimum absolute atomic E-state index is 0.168. The van der Waals surface area contributed by atoms with Crippen molar-refractivity contribution in [3.8, 4) is 5.75 Å². The van der Waals surface area contributed by atoms with E-state index in [1.54, 1.807) is 11.3 Å². The molecule has 2 rings (SSSR count). The van der Waals surface area contributed by atoms with Gasteiger partial charge < -0.3 is 10.1 Å². The Hall–Kier alpha value is -1.95. The molecule has 1 atom stereocenters. The molecule has 1 N–H and O–H groups in total. The van der Waals surface area contributed by atoms with Crippen molar-refractivity contribution in [1.29, 1.82) is 0 Å². The van der Waals surface area contributed by atoms with Crippen LogP contribution < -0.4 is 10.1 Å². The number of thiazole rings is 1. The number of aryl methyl sites for hydroxylation is 1. The van der Waals surface area contributed by atoms with Gasteiger partial charge in [-0.2, -0.15) is 0 Å². The second-order valence-corrected chi connectivity index (χ2v) is 5.93. The van der Waals surface area contributed by atoms with Gasteiger partial charge in [0.05, 0.1) is 10.7 Å². The third-order valence-corrected chi connectivity index (χ3v) is 3.92. The number of hydrogen-bond acceptors (Lipinski definition) is 4. The van der Waals surface area contributed by atoms with Gasteiger partial charge in [0.1, 0.15) is 11.6 Å². The molecule has 4 nitrogen and oxygen atoms in total. The molecule has 0 spiro atoms. The van der Waals surface area contributed by atoms with Crippen LogP contribution in [0, 0.1) is 12.7 Å². The number of benzene rings is 1. The predicted octanol–water partition coefficient (Wildman–Crippen LogP) is 3.11. The summed E-state index contributed by atoms with van der Waals surface area (Å²) in [6.07, 6.45) is 0.657. The fourth-order valence-corrected chi connectivity index (χ4v) is 2.60. The number of nitrogens with zero attached hydrogens (tertiary/aromatic N) is 1. The zero-order valence-corrected chi connectivity index (χ0v) is 13.5. The first-order valence-corrected chi connectivity index (χ1v) is 8.07. The average molecular weight is 322 g/mol. The van der Waals surface area contributed by atoms with Crippen molar-refractivity contribution < 1.29 is 13.9 Å². The predicted molar refractivity (Wildman–Crippen MR) is 84.7 cm³/mol. The number of ether oxygens (including phenoxy) is 1. The van der Waals surface area contributed by atoms with Gasteiger partial charge in [0, 0.05) is 18.3 Å². The minimum atomic E-state index is -0.581. The Labute approximate surface area is 133 Å². The van der Waals surface area contributed by atoms with E-state index in [-0.39, 0.29) is 11.7 Å². The summed E-state index contributed by atoms with van der Waals surface area (Å²) in [5.74, 6) is -0.0132. The maximum absolute atomic E-state index is 12.9. The highest BCUT2D eigenvalue weighted by atomic mass is 32.1. The van der Waals surface area contributed by atoms with Gasteiger partial charge >= 0.3 is 0 Å². The van der Waals surface area contributed by atoms with Crippen molar-refractivity contribution in [2.45, 2.75) is 32.8 Å². The number of halogens is 1. The van der Waals surface area contributed by atoms with Gasteiger partial charge in [0.2, 0.25) is 0 Å². The van der Waals surface area contributed by atoms with E-state index in [0.717, 1.165) is 10.7 Å². The van der Waals surface area contributed by atoms with Gasteiger partial charge in [-0.3, -0.25) is 4.79 Å². The van der Waals surface area contributed by atoms with Crippen molar-refractivity contribution in [2.75, 3.05) is 6.54 Å². The molecule has 0 aliphatic carbocycles. The molecule has 22 heavy (non-hydrogen) atoms. The molecule has 1 aromatic carbocycles. The maximum atomic E-state index is 12.9. The van der Waals surface area contributed by atoms with E-state index in [0.29, 0.717) is 25.1 Å². The van der Waals surface area contributed by atoms with Crippen molar-refractivity contribution in [2.24, 2.45) is 0 Å². The highest BCUT2D eigenvalue weighted by Gasteiger charge is 2.17. The first-order valence-electron chi connectivity index (χ1n) is 7.19. The largest absolute Gasteiger partial charge is 0.481 e. The maximum Gasteiger partial charge on any atom is 0.261 e. The molecule has 0 aliphatic heterocycles. The van der Waals surface area contributed by atoms with Crippen molar-refractivity contribution in [3.05, 3.63) is 46.2 Å². The van der Waals surface area contributed by atoms with Gasteiger partial charge in [-0.25, -0.2) is 9.37 Å². The van der Waals surface area contributed by atoms with E-state index in [9.17, 15) is 9.18 Å². The average Bonchev–Trinajstić information content (AvgIpc) is 2.92. The summed E-state index contributed by atoms with van der Waals surface area (Å²) in [6, 6.07) is 5.65. The normalized spacial score (nSPS) is 12.0. The highest BCUT2D eigenvalue weighted by Crippen LogP contribution is 2.14. The van der Waals surface area contributed by atoms with E-state index >= 15 is 0 Å². The molecule has 118 valence electrons. The second-order valence-electron chi connectivity index (χ2n) is 4.87. The molecule has 0 fully saturated rings. The molecular weight excluding hydrogens is 303 g/mol. The summed E-state index contributed by atoms with van der Waals surface area (Å²) < 4.78 is 18.4. The van der Waals surface area contributed by atoms with E-state index in [1.807, 2.05) is 19.2 Å². The lowest BCUT2D eigenvalue weighted by atomic mass is 10.2. The van der Waals surface area contributed by atoms with Crippen LogP contribution in [0.1, 0.15) is 24.0 Å². The molecule has 1 amide bonds. The summed E-state index contributed by atoms with van der Waals surface area (Å²) >= 11 is 1.60. The number of carbonyl (C=O) groups excluding carboxylic acids is 1. The Morgan fingerprint density at radius 3 is 2.73 bits per heavy atom. The number of nitrogens with one attached hydrogen (secondary N) is 1. The van der Waals surface area contributed by atoms with E-state index in [4.69, 9.17) is 4.74 Å². The molecule has 0 saturated carbocycles. The van der Waals surface area contributed by atoms with E-state index in [1.165, 1.54) is 24.3 Å². The van der Waals surface area contributed by atoms with Crippen LogP contribution in [0.15, 0.2) is 29.6 Å². The summed E-state index contributed by atoms with van der Waals surface area (Å²) in [6.45, 7) is 4.35. The fourth-order valence-electron chi connectivity index (χ4n) is 1.95. The Morgan fingerprint density at radius 1 is 1.41 bits per heavy atom. The van der Waals surface area contributed by atoms with Crippen molar-refractivity contribution in [1.82, 2.24) is 10.3 Å². The van der Waals surface area contributed by atoms with Crippen molar-refractivity contribution >= 4 is 17.2 Å². The summed E-state index contributed by atoms with van der Waals surface area (Å²) in [4.78, 5) is 16.5. The third-order valence-electron chi connectivity index (χ3n) is 3.10. The SMILES string of the molecule is CC[C@@H](Oc1ccc(F)cc1)C(=O)NCCc1csc(C)n1.